The largest absolute Gasteiger partial charge is 0.316 e. The summed E-state index contributed by atoms with van der Waals surface area (Å²) in [5.74, 6) is 0. The summed E-state index contributed by atoms with van der Waals surface area (Å²) in [5, 5.41) is 3.60. The molecule has 0 spiro atoms. The Balaban J connectivity index is 4.44. The summed E-state index contributed by atoms with van der Waals surface area (Å²) in [6, 6.07) is 0.622. The molecule has 2 atom stereocenters. The standard InChI is InChI=1S/C16H37N3/c1-8-11-17-13-16(5,9-2)14-19(10-3)15(4)12-18(6)7/h15,17H,8-14H2,1-7H3. The Morgan fingerprint density at radius 3 is 2.21 bits per heavy atom. The third-order valence-electron chi connectivity index (χ3n) is 4.08. The van der Waals surface area contributed by atoms with Crippen LogP contribution in [0.3, 0.4) is 0 Å². The van der Waals surface area contributed by atoms with Gasteiger partial charge in [-0.2, -0.15) is 0 Å². The molecular formula is C16H37N3. The van der Waals surface area contributed by atoms with E-state index in [4.69, 9.17) is 0 Å². The lowest BCUT2D eigenvalue weighted by atomic mass is 9.86. The van der Waals surface area contributed by atoms with Crippen LogP contribution in [0.15, 0.2) is 0 Å². The molecule has 0 aromatic heterocycles. The molecule has 1 N–H and O–H groups in total. The van der Waals surface area contributed by atoms with Gasteiger partial charge in [0, 0.05) is 25.7 Å². The summed E-state index contributed by atoms with van der Waals surface area (Å²) in [7, 11) is 4.32. The van der Waals surface area contributed by atoms with Crippen LogP contribution in [-0.4, -0.2) is 62.7 Å². The van der Waals surface area contributed by atoms with E-state index < -0.39 is 0 Å². The van der Waals surface area contributed by atoms with Crippen LogP contribution >= 0.6 is 0 Å². The Morgan fingerprint density at radius 1 is 1.16 bits per heavy atom. The molecule has 0 bridgehead atoms. The van der Waals surface area contributed by atoms with Crippen LogP contribution in [0.4, 0.5) is 0 Å². The highest BCUT2D eigenvalue weighted by molar-refractivity contribution is 4.82. The summed E-state index contributed by atoms with van der Waals surface area (Å²) in [4.78, 5) is 4.91. The minimum absolute atomic E-state index is 0.381. The van der Waals surface area contributed by atoms with Gasteiger partial charge in [-0.05, 0) is 52.4 Å². The summed E-state index contributed by atoms with van der Waals surface area (Å²) < 4.78 is 0. The van der Waals surface area contributed by atoms with Crippen molar-refractivity contribution in [2.75, 3.05) is 46.8 Å². The van der Waals surface area contributed by atoms with Crippen molar-refractivity contribution < 1.29 is 0 Å². The Bertz CT molecular complexity index is 218. The smallest absolute Gasteiger partial charge is 0.0194 e. The number of nitrogens with one attached hydrogen (secondary N) is 1. The summed E-state index contributed by atoms with van der Waals surface area (Å²) >= 11 is 0. The second-order valence-corrected chi connectivity index (χ2v) is 6.52. The first-order valence-electron chi connectivity index (χ1n) is 7.98. The van der Waals surface area contributed by atoms with E-state index in [2.05, 4.69) is 63.8 Å². The number of likely N-dealkylation sites (N-methyl/N-ethyl adjacent to an activating group) is 2. The van der Waals surface area contributed by atoms with Crippen LogP contribution in [0.25, 0.3) is 0 Å². The molecule has 0 aliphatic rings. The molecule has 0 fully saturated rings. The second-order valence-electron chi connectivity index (χ2n) is 6.52. The predicted octanol–water partition coefficient (Wildman–Crippen LogP) is 2.67. The lowest BCUT2D eigenvalue weighted by Crippen LogP contribution is -2.48. The van der Waals surface area contributed by atoms with Crippen LogP contribution in [-0.2, 0) is 0 Å². The first-order chi connectivity index (χ1) is 8.88. The predicted molar refractivity (Wildman–Crippen MR) is 86.8 cm³/mol. The van der Waals surface area contributed by atoms with Crippen LogP contribution in [0.5, 0.6) is 0 Å². The molecule has 0 saturated carbocycles. The highest BCUT2D eigenvalue weighted by atomic mass is 15.2. The molecule has 0 amide bonds. The molecule has 3 heteroatoms. The third-order valence-corrected chi connectivity index (χ3v) is 4.08. The normalized spacial score (nSPS) is 16.9. The first-order valence-corrected chi connectivity index (χ1v) is 7.98. The maximum Gasteiger partial charge on any atom is 0.0194 e. The van der Waals surface area contributed by atoms with Crippen LogP contribution in [0.1, 0.15) is 47.5 Å². The molecule has 0 rings (SSSR count). The lowest BCUT2D eigenvalue weighted by molar-refractivity contribution is 0.110. The van der Waals surface area contributed by atoms with E-state index >= 15 is 0 Å². The van der Waals surface area contributed by atoms with Gasteiger partial charge in [-0.25, -0.2) is 0 Å². The average Bonchev–Trinajstić information content (AvgIpc) is 2.35. The fraction of sp³-hybridized carbons (Fsp3) is 1.00. The van der Waals surface area contributed by atoms with Crippen molar-refractivity contribution in [1.29, 1.82) is 0 Å². The molecule has 0 heterocycles. The number of nitrogens with zero attached hydrogens (tertiary/aromatic N) is 2. The summed E-state index contributed by atoms with van der Waals surface area (Å²) in [6.07, 6.45) is 2.45. The molecule has 0 saturated heterocycles. The van der Waals surface area contributed by atoms with Gasteiger partial charge in [-0.15, -0.1) is 0 Å². The Hall–Kier alpha value is -0.120. The maximum atomic E-state index is 3.60. The van der Waals surface area contributed by atoms with Gasteiger partial charge < -0.3 is 10.2 Å². The van der Waals surface area contributed by atoms with Gasteiger partial charge >= 0.3 is 0 Å². The Kier molecular flexibility index (Phi) is 9.67. The molecule has 19 heavy (non-hydrogen) atoms. The monoisotopic (exact) mass is 271 g/mol. The van der Waals surface area contributed by atoms with Gasteiger partial charge in [0.25, 0.3) is 0 Å². The van der Waals surface area contributed by atoms with Crippen molar-refractivity contribution in [3.8, 4) is 0 Å². The highest BCUT2D eigenvalue weighted by Gasteiger charge is 2.26. The molecule has 2 unspecified atom stereocenters. The molecule has 0 aromatic carbocycles. The number of hydrogen-bond donors (Lipinski definition) is 1. The minimum Gasteiger partial charge on any atom is -0.316 e. The van der Waals surface area contributed by atoms with Gasteiger partial charge in [0.2, 0.25) is 0 Å². The van der Waals surface area contributed by atoms with Gasteiger partial charge in [0.15, 0.2) is 0 Å². The SMILES string of the molecule is CCCNCC(C)(CC)CN(CC)C(C)CN(C)C. The molecule has 0 radical (unpaired) electrons. The highest BCUT2D eigenvalue weighted by Crippen LogP contribution is 2.22. The topological polar surface area (TPSA) is 18.5 Å². The van der Waals surface area contributed by atoms with Crippen LogP contribution < -0.4 is 5.32 Å². The van der Waals surface area contributed by atoms with E-state index in [1.165, 1.54) is 19.4 Å². The van der Waals surface area contributed by atoms with Crippen LogP contribution in [0, 0.1) is 5.41 Å². The molecule has 116 valence electrons. The molecule has 0 aliphatic carbocycles. The minimum atomic E-state index is 0.381. The number of rotatable bonds is 11. The fourth-order valence-electron chi connectivity index (χ4n) is 2.57. The zero-order chi connectivity index (χ0) is 14.9. The van der Waals surface area contributed by atoms with E-state index in [0.717, 1.165) is 26.2 Å². The fourth-order valence-corrected chi connectivity index (χ4v) is 2.57. The van der Waals surface area contributed by atoms with Crippen LogP contribution in [0.2, 0.25) is 0 Å². The van der Waals surface area contributed by atoms with Crippen molar-refractivity contribution in [3.63, 3.8) is 0 Å². The second kappa shape index (κ2) is 9.73. The molecule has 0 aliphatic heterocycles. The van der Waals surface area contributed by atoms with Gasteiger partial charge in [0.1, 0.15) is 0 Å². The van der Waals surface area contributed by atoms with E-state index in [1.54, 1.807) is 0 Å². The van der Waals surface area contributed by atoms with Gasteiger partial charge in [-0.3, -0.25) is 4.90 Å². The van der Waals surface area contributed by atoms with E-state index in [1.807, 2.05) is 0 Å². The zero-order valence-electron chi connectivity index (χ0n) is 14.4. The maximum absolute atomic E-state index is 3.60. The van der Waals surface area contributed by atoms with Crippen molar-refractivity contribution >= 4 is 0 Å². The summed E-state index contributed by atoms with van der Waals surface area (Å²) in [5.41, 5.74) is 0.381. The van der Waals surface area contributed by atoms with Crippen molar-refractivity contribution in [3.05, 3.63) is 0 Å². The first kappa shape index (κ1) is 18.9. The van der Waals surface area contributed by atoms with Crippen molar-refractivity contribution in [1.82, 2.24) is 15.1 Å². The number of hydrogen-bond acceptors (Lipinski definition) is 3. The van der Waals surface area contributed by atoms with E-state index in [-0.39, 0.29) is 0 Å². The quantitative estimate of drug-likeness (QED) is 0.583. The lowest BCUT2D eigenvalue weighted by Gasteiger charge is -2.38. The Morgan fingerprint density at radius 2 is 1.79 bits per heavy atom. The van der Waals surface area contributed by atoms with Crippen molar-refractivity contribution in [2.24, 2.45) is 5.41 Å². The summed E-state index contributed by atoms with van der Waals surface area (Å²) in [6.45, 7) is 17.3. The third kappa shape index (κ3) is 7.91. The van der Waals surface area contributed by atoms with Gasteiger partial charge in [-0.1, -0.05) is 27.7 Å². The molecular weight excluding hydrogens is 234 g/mol. The molecule has 0 aromatic rings. The Labute approximate surface area is 121 Å². The van der Waals surface area contributed by atoms with E-state index in [9.17, 15) is 0 Å². The average molecular weight is 271 g/mol. The van der Waals surface area contributed by atoms with Gasteiger partial charge in [0.05, 0.1) is 0 Å². The van der Waals surface area contributed by atoms with Crippen molar-refractivity contribution in [2.45, 2.75) is 53.5 Å². The zero-order valence-corrected chi connectivity index (χ0v) is 14.4. The molecule has 3 nitrogen and oxygen atoms in total. The van der Waals surface area contributed by atoms with E-state index in [0.29, 0.717) is 11.5 Å².